The Morgan fingerprint density at radius 1 is 1.08 bits per heavy atom. The predicted octanol–water partition coefficient (Wildman–Crippen LogP) is 3.19. The van der Waals surface area contributed by atoms with Crippen molar-refractivity contribution in [3.05, 3.63) is 70.5 Å². The molecule has 0 bridgehead atoms. The van der Waals surface area contributed by atoms with Crippen LogP contribution >= 0.6 is 11.5 Å². The number of rotatable bonds is 5. The van der Waals surface area contributed by atoms with E-state index in [1.807, 2.05) is 30.3 Å². The third-order valence-corrected chi connectivity index (χ3v) is 3.93. The van der Waals surface area contributed by atoms with Crippen LogP contribution in [0.1, 0.15) is 5.56 Å². The number of anilines is 2. The van der Waals surface area contributed by atoms with Gasteiger partial charge in [0.1, 0.15) is 22.1 Å². The van der Waals surface area contributed by atoms with Crippen LogP contribution in [-0.4, -0.2) is 10.3 Å². The number of hydrogen-bond donors (Lipinski definition) is 4. The Morgan fingerprint density at radius 3 is 2.42 bits per heavy atom. The van der Waals surface area contributed by atoms with Gasteiger partial charge in [-0.05, 0) is 47.9 Å². The third-order valence-electron chi connectivity index (χ3n) is 3.14. The second-order valence-corrected chi connectivity index (χ2v) is 5.57. The van der Waals surface area contributed by atoms with Gasteiger partial charge in [0.2, 0.25) is 5.90 Å². The molecule has 5 N–H and O–H groups in total. The fourth-order valence-electron chi connectivity index (χ4n) is 2.02. The fourth-order valence-corrected chi connectivity index (χ4v) is 2.77. The van der Waals surface area contributed by atoms with E-state index in [0.717, 1.165) is 23.0 Å². The van der Waals surface area contributed by atoms with Crippen LogP contribution in [-0.2, 0) is 4.84 Å². The van der Waals surface area contributed by atoms with E-state index in [9.17, 15) is 4.79 Å². The quantitative estimate of drug-likeness (QED) is 0.323. The van der Waals surface area contributed by atoms with Crippen molar-refractivity contribution < 1.29 is 9.57 Å². The molecule has 0 saturated carbocycles. The molecule has 0 amide bonds. The Kier molecular flexibility index (Phi) is 4.59. The lowest BCUT2D eigenvalue weighted by Crippen LogP contribution is -2.19. The SMILES string of the molecule is N=C(ON)c1c(Nc2ccc(Oc3ccccc3)cc2)s[nH]c1=O. The molecule has 122 valence electrons. The molecule has 0 aliphatic heterocycles. The molecule has 0 radical (unpaired) electrons. The van der Waals surface area contributed by atoms with Gasteiger partial charge in [-0.15, -0.1) is 0 Å². The monoisotopic (exact) mass is 342 g/mol. The zero-order valence-corrected chi connectivity index (χ0v) is 13.2. The van der Waals surface area contributed by atoms with Gasteiger partial charge in [-0.25, -0.2) is 0 Å². The average Bonchev–Trinajstić information content (AvgIpc) is 2.97. The van der Waals surface area contributed by atoms with Crippen molar-refractivity contribution in [1.82, 2.24) is 4.37 Å². The maximum absolute atomic E-state index is 11.7. The molecule has 0 unspecified atom stereocenters. The molecule has 0 spiro atoms. The first-order valence-corrected chi connectivity index (χ1v) is 7.76. The second kappa shape index (κ2) is 6.99. The van der Waals surface area contributed by atoms with Gasteiger partial charge in [-0.3, -0.25) is 14.6 Å². The lowest BCUT2D eigenvalue weighted by Gasteiger charge is -2.08. The minimum absolute atomic E-state index is 0.0621. The molecule has 2 aromatic carbocycles. The highest BCUT2D eigenvalue weighted by atomic mass is 32.1. The third kappa shape index (κ3) is 3.45. The zero-order chi connectivity index (χ0) is 16.9. The first-order valence-electron chi connectivity index (χ1n) is 6.94. The molecule has 0 aliphatic carbocycles. The molecular weight excluding hydrogens is 328 g/mol. The molecule has 8 heteroatoms. The van der Waals surface area contributed by atoms with Crippen LogP contribution in [0.3, 0.4) is 0 Å². The van der Waals surface area contributed by atoms with E-state index in [1.54, 1.807) is 24.3 Å². The van der Waals surface area contributed by atoms with E-state index in [0.29, 0.717) is 10.8 Å². The highest BCUT2D eigenvalue weighted by molar-refractivity contribution is 7.10. The lowest BCUT2D eigenvalue weighted by atomic mass is 10.2. The van der Waals surface area contributed by atoms with E-state index in [-0.39, 0.29) is 5.56 Å². The molecule has 1 heterocycles. The normalized spacial score (nSPS) is 10.2. The summed E-state index contributed by atoms with van der Waals surface area (Å²) in [7, 11) is 0. The van der Waals surface area contributed by atoms with Crippen molar-refractivity contribution >= 4 is 28.1 Å². The molecule has 0 atom stereocenters. The lowest BCUT2D eigenvalue weighted by molar-refractivity contribution is 0.319. The average molecular weight is 342 g/mol. The molecule has 0 saturated heterocycles. The van der Waals surface area contributed by atoms with Crippen molar-refractivity contribution in [3.63, 3.8) is 0 Å². The van der Waals surface area contributed by atoms with Gasteiger partial charge in [-0.1, -0.05) is 18.2 Å². The molecule has 24 heavy (non-hydrogen) atoms. The van der Waals surface area contributed by atoms with Crippen LogP contribution in [0.2, 0.25) is 0 Å². The summed E-state index contributed by atoms with van der Waals surface area (Å²) >= 11 is 1.07. The maximum Gasteiger partial charge on any atom is 0.273 e. The highest BCUT2D eigenvalue weighted by Crippen LogP contribution is 2.26. The van der Waals surface area contributed by atoms with Crippen molar-refractivity contribution in [1.29, 1.82) is 5.41 Å². The minimum atomic E-state index is -0.429. The predicted molar refractivity (Wildman–Crippen MR) is 93.3 cm³/mol. The molecule has 1 aromatic heterocycles. The smallest absolute Gasteiger partial charge is 0.273 e. The number of aromatic nitrogens is 1. The zero-order valence-electron chi connectivity index (χ0n) is 12.4. The van der Waals surface area contributed by atoms with Gasteiger partial charge in [-0.2, -0.15) is 5.90 Å². The Balaban J connectivity index is 1.75. The summed E-state index contributed by atoms with van der Waals surface area (Å²) in [6.45, 7) is 0. The van der Waals surface area contributed by atoms with Crippen LogP contribution in [0, 0.1) is 5.41 Å². The minimum Gasteiger partial charge on any atom is -0.457 e. The standard InChI is InChI=1S/C16H14N4O3S/c17-14(23-18)13-15(21)20-24-16(13)19-10-6-8-12(9-7-10)22-11-4-2-1-3-5-11/h1-9,17,19H,18H2,(H,20,21). The summed E-state index contributed by atoms with van der Waals surface area (Å²) in [6.07, 6.45) is 0. The van der Waals surface area contributed by atoms with E-state index in [1.165, 1.54) is 0 Å². The fraction of sp³-hybridized carbons (Fsp3) is 0. The highest BCUT2D eigenvalue weighted by Gasteiger charge is 2.17. The first kappa shape index (κ1) is 15.8. The van der Waals surface area contributed by atoms with Crippen LogP contribution in [0.15, 0.2) is 59.4 Å². The second-order valence-electron chi connectivity index (χ2n) is 4.75. The molecule has 0 fully saturated rings. The van der Waals surface area contributed by atoms with Gasteiger partial charge in [0, 0.05) is 5.69 Å². The van der Waals surface area contributed by atoms with E-state index < -0.39 is 11.5 Å². The van der Waals surface area contributed by atoms with E-state index in [4.69, 9.17) is 16.0 Å². The van der Waals surface area contributed by atoms with Gasteiger partial charge in [0.15, 0.2) is 0 Å². The van der Waals surface area contributed by atoms with Crippen LogP contribution in [0.25, 0.3) is 0 Å². The Bertz CT molecular complexity index is 888. The summed E-state index contributed by atoms with van der Waals surface area (Å²) in [6, 6.07) is 16.7. The number of H-pyrrole nitrogens is 1. The summed E-state index contributed by atoms with van der Waals surface area (Å²) in [5.41, 5.74) is 0.367. The maximum atomic E-state index is 11.7. The first-order chi connectivity index (χ1) is 11.7. The number of benzene rings is 2. The summed E-state index contributed by atoms with van der Waals surface area (Å²) in [5.74, 6) is 6.01. The van der Waals surface area contributed by atoms with Crippen LogP contribution in [0.5, 0.6) is 11.5 Å². The summed E-state index contributed by atoms with van der Waals surface area (Å²) in [5, 5.41) is 11.1. The van der Waals surface area contributed by atoms with Crippen LogP contribution in [0.4, 0.5) is 10.7 Å². The number of hydrogen-bond acceptors (Lipinski definition) is 7. The number of para-hydroxylation sites is 1. The summed E-state index contributed by atoms with van der Waals surface area (Å²) in [4.78, 5) is 16.1. The Labute approximate surface area is 141 Å². The van der Waals surface area contributed by atoms with Gasteiger partial charge in [0.05, 0.1) is 0 Å². The van der Waals surface area contributed by atoms with Crippen LogP contribution < -0.4 is 21.5 Å². The van der Waals surface area contributed by atoms with Crippen molar-refractivity contribution in [2.45, 2.75) is 0 Å². The number of nitrogens with two attached hydrogens (primary N) is 1. The molecule has 0 aliphatic rings. The van der Waals surface area contributed by atoms with E-state index >= 15 is 0 Å². The Hall–Kier alpha value is -3.10. The van der Waals surface area contributed by atoms with Gasteiger partial charge in [0.25, 0.3) is 5.56 Å². The molecule has 3 aromatic rings. The number of aromatic amines is 1. The summed E-state index contributed by atoms with van der Waals surface area (Å²) < 4.78 is 8.25. The topological polar surface area (TPSA) is 113 Å². The molecular formula is C16H14N4O3S. The number of nitrogens with one attached hydrogen (secondary N) is 3. The molecule has 7 nitrogen and oxygen atoms in total. The van der Waals surface area contributed by atoms with Crippen molar-refractivity contribution in [3.8, 4) is 11.5 Å². The Morgan fingerprint density at radius 2 is 1.75 bits per heavy atom. The van der Waals surface area contributed by atoms with Gasteiger partial charge < -0.3 is 14.9 Å². The molecule has 3 rings (SSSR count). The van der Waals surface area contributed by atoms with E-state index in [2.05, 4.69) is 14.5 Å². The number of ether oxygens (including phenoxy) is 1. The van der Waals surface area contributed by atoms with Gasteiger partial charge >= 0.3 is 0 Å². The van der Waals surface area contributed by atoms with Crippen molar-refractivity contribution in [2.24, 2.45) is 5.90 Å². The van der Waals surface area contributed by atoms with Crippen molar-refractivity contribution in [2.75, 3.05) is 5.32 Å². The largest absolute Gasteiger partial charge is 0.457 e.